The van der Waals surface area contributed by atoms with Gasteiger partial charge in [-0.05, 0) is 11.6 Å². The van der Waals surface area contributed by atoms with Crippen molar-refractivity contribution in [3.8, 4) is 0 Å². The number of aliphatic hydroxyl groups excluding tert-OH is 2. The van der Waals surface area contributed by atoms with Crippen LogP contribution in [-0.4, -0.2) is 44.2 Å². The summed E-state index contributed by atoms with van der Waals surface area (Å²) in [6.07, 6.45) is -4.45. The van der Waals surface area contributed by atoms with E-state index in [1.165, 1.54) is 6.07 Å². The Balaban J connectivity index is 2.47. The van der Waals surface area contributed by atoms with Crippen LogP contribution in [0.5, 0.6) is 0 Å². The lowest BCUT2D eigenvalue weighted by atomic mass is 9.94. The molecule has 1 aliphatic heterocycles. The van der Waals surface area contributed by atoms with E-state index >= 15 is 0 Å². The van der Waals surface area contributed by atoms with Crippen molar-refractivity contribution >= 4 is 5.82 Å². The molecule has 0 amide bonds. The molecule has 0 saturated carbocycles. The molecule has 0 spiro atoms. The third kappa shape index (κ3) is 2.31. The molecule has 11 heteroatoms. The maximum atomic E-state index is 14.3. The maximum absolute atomic E-state index is 14.3. The summed E-state index contributed by atoms with van der Waals surface area (Å²) in [6, 6.07) is 1.24. The number of alkyl halides is 1. The number of nitrogen functional groups attached to an aromatic ring is 1. The highest BCUT2D eigenvalue weighted by Gasteiger charge is 2.57. The van der Waals surface area contributed by atoms with Crippen LogP contribution < -0.4 is 11.4 Å². The first-order valence-electron chi connectivity index (χ1n) is 6.07. The number of azide groups is 1. The summed E-state index contributed by atoms with van der Waals surface area (Å²) in [5, 5.41) is 22.6. The number of nitrogens with zero attached hydrogens (tertiary/aromatic N) is 5. The molecule has 0 aliphatic carbocycles. The third-order valence-electron chi connectivity index (χ3n) is 3.40. The molecule has 0 radical (unpaired) electrons. The van der Waals surface area contributed by atoms with Gasteiger partial charge in [0.15, 0.2) is 12.4 Å². The molecular formula is C11H13FN6O4. The normalized spacial score (nSPS) is 30.8. The topological polar surface area (TPSA) is 159 Å². The summed E-state index contributed by atoms with van der Waals surface area (Å²) in [5.74, 6) is -0.0675. The highest BCUT2D eigenvalue weighted by Crippen LogP contribution is 2.42. The van der Waals surface area contributed by atoms with Crippen molar-refractivity contribution in [2.24, 2.45) is 5.11 Å². The number of aromatic nitrogens is 2. The predicted molar refractivity (Wildman–Crippen MR) is 72.0 cm³/mol. The number of rotatable bonds is 4. The van der Waals surface area contributed by atoms with Gasteiger partial charge >= 0.3 is 5.69 Å². The molecule has 10 nitrogen and oxygen atoms in total. The number of aliphatic hydroxyl groups is 2. The first-order chi connectivity index (χ1) is 10.4. The lowest BCUT2D eigenvalue weighted by molar-refractivity contribution is -0.106. The molecule has 1 aliphatic rings. The van der Waals surface area contributed by atoms with Gasteiger partial charge in [-0.1, -0.05) is 11.7 Å². The van der Waals surface area contributed by atoms with Gasteiger partial charge in [0.1, 0.15) is 17.5 Å². The number of hydrogen-bond donors (Lipinski definition) is 3. The molecule has 1 saturated heterocycles. The second-order valence-corrected chi connectivity index (χ2v) is 4.62. The summed E-state index contributed by atoms with van der Waals surface area (Å²) in [5.41, 5.74) is 10.4. The third-order valence-corrected chi connectivity index (χ3v) is 3.40. The zero-order valence-corrected chi connectivity index (χ0v) is 11.2. The van der Waals surface area contributed by atoms with Crippen LogP contribution in [0.1, 0.15) is 6.23 Å². The molecule has 4 atom stereocenters. The second kappa shape index (κ2) is 5.73. The minimum atomic E-state index is -2.10. The molecule has 0 bridgehead atoms. The fraction of sp³-hybridized carbons (Fsp3) is 0.455. The van der Waals surface area contributed by atoms with Gasteiger partial charge < -0.3 is 20.7 Å². The summed E-state index contributed by atoms with van der Waals surface area (Å²) >= 11 is 0. The first-order valence-corrected chi connectivity index (χ1v) is 6.07. The van der Waals surface area contributed by atoms with Gasteiger partial charge in [0, 0.05) is 16.8 Å². The van der Waals surface area contributed by atoms with E-state index in [1.54, 1.807) is 0 Å². The highest BCUT2D eigenvalue weighted by atomic mass is 19.1. The van der Waals surface area contributed by atoms with Gasteiger partial charge in [-0.2, -0.15) is 4.98 Å². The van der Waals surface area contributed by atoms with Gasteiger partial charge in [0.05, 0.1) is 6.61 Å². The van der Waals surface area contributed by atoms with Crippen LogP contribution in [-0.2, 0) is 4.74 Å². The monoisotopic (exact) mass is 312 g/mol. The minimum absolute atomic E-state index is 0.0675. The van der Waals surface area contributed by atoms with E-state index in [4.69, 9.17) is 16.0 Å². The van der Waals surface area contributed by atoms with Crippen LogP contribution in [0.4, 0.5) is 10.2 Å². The fourth-order valence-electron chi connectivity index (χ4n) is 2.19. The van der Waals surface area contributed by atoms with Crippen molar-refractivity contribution in [1.82, 2.24) is 9.55 Å². The van der Waals surface area contributed by atoms with E-state index in [0.29, 0.717) is 0 Å². The number of ether oxygens (including phenoxy) is 1. The Kier molecular flexibility index (Phi) is 4.15. The predicted octanol–water partition coefficient (Wildman–Crippen LogP) is -0.392. The van der Waals surface area contributed by atoms with Crippen molar-refractivity contribution in [2.45, 2.75) is 24.1 Å². The second-order valence-electron chi connectivity index (χ2n) is 4.62. The van der Waals surface area contributed by atoms with Crippen LogP contribution in [0, 0.1) is 0 Å². The fourth-order valence-corrected chi connectivity index (χ4v) is 2.19. The van der Waals surface area contributed by atoms with Crippen molar-refractivity contribution in [3.63, 3.8) is 0 Å². The lowest BCUT2D eigenvalue weighted by Crippen LogP contribution is -2.46. The summed E-state index contributed by atoms with van der Waals surface area (Å²) < 4.78 is 20.4. The zero-order chi connectivity index (χ0) is 16.5. The Bertz CT molecular complexity index is 702. The van der Waals surface area contributed by atoms with Crippen LogP contribution in [0.25, 0.3) is 10.4 Å². The summed E-state index contributed by atoms with van der Waals surface area (Å²) in [7, 11) is 0. The number of hydrogen-bond acceptors (Lipinski definition) is 7. The van der Waals surface area contributed by atoms with E-state index in [-0.39, 0.29) is 5.82 Å². The lowest BCUT2D eigenvalue weighted by Gasteiger charge is -2.29. The van der Waals surface area contributed by atoms with Gasteiger partial charge in [0.2, 0.25) is 0 Å². The Morgan fingerprint density at radius 2 is 2.45 bits per heavy atom. The molecule has 1 aromatic heterocycles. The zero-order valence-electron chi connectivity index (χ0n) is 11.2. The van der Waals surface area contributed by atoms with E-state index in [1.807, 2.05) is 0 Å². The molecular weight excluding hydrogens is 299 g/mol. The molecule has 0 aromatic carbocycles. The Morgan fingerprint density at radius 3 is 3.00 bits per heavy atom. The molecule has 2 rings (SSSR count). The van der Waals surface area contributed by atoms with Crippen LogP contribution in [0.2, 0.25) is 0 Å². The molecule has 2 heterocycles. The van der Waals surface area contributed by atoms with E-state index in [0.717, 1.165) is 10.8 Å². The molecule has 4 N–H and O–H groups in total. The Labute approximate surface area is 122 Å². The van der Waals surface area contributed by atoms with Crippen molar-refractivity contribution < 1.29 is 19.3 Å². The SMILES string of the molecule is C=C(N=[N+]=[N-])[C@]1(CO)O[C@@H](n2ccc(N)nc2=O)[C@H](F)[C@@H]1O. The van der Waals surface area contributed by atoms with Gasteiger partial charge in [0.25, 0.3) is 0 Å². The van der Waals surface area contributed by atoms with E-state index < -0.39 is 42.1 Å². The average molecular weight is 312 g/mol. The highest BCUT2D eigenvalue weighted by molar-refractivity contribution is 5.25. The van der Waals surface area contributed by atoms with Crippen LogP contribution >= 0.6 is 0 Å². The van der Waals surface area contributed by atoms with Crippen molar-refractivity contribution in [2.75, 3.05) is 12.3 Å². The van der Waals surface area contributed by atoms with Crippen molar-refractivity contribution in [1.29, 1.82) is 0 Å². The van der Waals surface area contributed by atoms with Crippen LogP contribution in [0.3, 0.4) is 0 Å². The first kappa shape index (κ1) is 15.9. The smallest absolute Gasteiger partial charge is 0.351 e. The number of nitrogens with two attached hydrogens (primary N) is 1. The minimum Gasteiger partial charge on any atom is -0.393 e. The Hall–Kier alpha value is -2.46. The maximum Gasteiger partial charge on any atom is 0.351 e. The van der Waals surface area contributed by atoms with E-state index in [9.17, 15) is 19.4 Å². The molecule has 0 unspecified atom stereocenters. The Morgan fingerprint density at radius 1 is 1.77 bits per heavy atom. The van der Waals surface area contributed by atoms with E-state index in [2.05, 4.69) is 21.6 Å². The van der Waals surface area contributed by atoms with Gasteiger partial charge in [-0.25, -0.2) is 9.18 Å². The summed E-state index contributed by atoms with van der Waals surface area (Å²) in [4.78, 5) is 17.6. The largest absolute Gasteiger partial charge is 0.393 e. The van der Waals surface area contributed by atoms with Gasteiger partial charge in [-0.3, -0.25) is 4.57 Å². The van der Waals surface area contributed by atoms with Crippen molar-refractivity contribution in [3.05, 3.63) is 45.5 Å². The molecule has 22 heavy (non-hydrogen) atoms. The molecule has 118 valence electrons. The standard InChI is InChI=1S/C11H13FN6O4/c1-5(16-17-14)11(4-19)8(20)7(12)9(22-11)18-3-2-6(13)15-10(18)21/h2-3,7-9,19-20H,1,4H2,(H2,13,15,21)/t7-,8+,9-,11+/m1/s1. The van der Waals surface area contributed by atoms with Gasteiger partial charge in [-0.15, -0.1) is 0 Å². The quantitative estimate of drug-likeness (QED) is 0.390. The summed E-state index contributed by atoms with van der Waals surface area (Å²) in [6.45, 7) is 2.46. The number of anilines is 1. The number of halogens is 1. The average Bonchev–Trinajstić information content (AvgIpc) is 2.73. The molecule has 1 fully saturated rings. The molecule has 1 aromatic rings. The van der Waals surface area contributed by atoms with Crippen LogP contribution in [0.15, 0.2) is 34.4 Å².